The van der Waals surface area contributed by atoms with E-state index in [2.05, 4.69) is 15.3 Å². The number of amides is 1. The number of carbonyl (C=O) groups is 1. The van der Waals surface area contributed by atoms with Gasteiger partial charge in [-0.1, -0.05) is 12.8 Å². The van der Waals surface area contributed by atoms with Crippen LogP contribution < -0.4 is 10.1 Å². The van der Waals surface area contributed by atoms with E-state index in [4.69, 9.17) is 4.74 Å². The van der Waals surface area contributed by atoms with Crippen LogP contribution in [-0.4, -0.2) is 33.7 Å². The van der Waals surface area contributed by atoms with Crippen molar-refractivity contribution in [1.29, 1.82) is 0 Å². The molecule has 0 spiro atoms. The highest BCUT2D eigenvalue weighted by Crippen LogP contribution is 2.31. The van der Waals surface area contributed by atoms with Gasteiger partial charge >= 0.3 is 12.0 Å². The predicted octanol–water partition coefficient (Wildman–Crippen LogP) is 2.70. The number of carbonyl (C=O) groups excluding carboxylic acids is 1. The summed E-state index contributed by atoms with van der Waals surface area (Å²) in [6.45, 7) is 3.02. The van der Waals surface area contributed by atoms with Crippen LogP contribution in [0, 0.1) is 5.92 Å². The maximum absolute atomic E-state index is 12.3. The molecule has 1 aliphatic carbocycles. The number of nitrogens with one attached hydrogen (secondary N) is 1. The highest BCUT2D eigenvalue weighted by Gasteiger charge is 2.21. The quantitative estimate of drug-likeness (QED) is 0.890. The Bertz CT molecular complexity index is 635. The van der Waals surface area contributed by atoms with Gasteiger partial charge in [-0.15, -0.1) is 0 Å². The van der Waals surface area contributed by atoms with Gasteiger partial charge in [-0.3, -0.25) is 4.98 Å². The average Bonchev–Trinajstić information content (AvgIpc) is 3.26. The third-order valence-corrected chi connectivity index (χ3v) is 3.65. The lowest BCUT2D eigenvalue weighted by Crippen LogP contribution is -2.29. The molecule has 1 N–H and O–H groups in total. The van der Waals surface area contributed by atoms with E-state index in [1.54, 1.807) is 18.6 Å². The van der Waals surface area contributed by atoms with Crippen LogP contribution in [0.25, 0.3) is 11.3 Å². The molecule has 6 heteroatoms. The van der Waals surface area contributed by atoms with Crippen LogP contribution in [0.4, 0.5) is 4.79 Å². The van der Waals surface area contributed by atoms with Crippen molar-refractivity contribution in [1.82, 2.24) is 19.9 Å². The Kier molecular flexibility index (Phi) is 4.37. The first kappa shape index (κ1) is 14.6. The number of hydrogen-bond acceptors (Lipinski definition) is 4. The summed E-state index contributed by atoms with van der Waals surface area (Å²) < 4.78 is 6.90. The van der Waals surface area contributed by atoms with Gasteiger partial charge in [0.15, 0.2) is 0 Å². The molecule has 3 rings (SSSR count). The van der Waals surface area contributed by atoms with Gasteiger partial charge in [0.2, 0.25) is 0 Å². The zero-order valence-corrected chi connectivity index (χ0v) is 12.7. The lowest BCUT2D eigenvalue weighted by molar-refractivity contribution is 0.234. The van der Waals surface area contributed by atoms with Crippen LogP contribution in [0.2, 0.25) is 0 Å². The highest BCUT2D eigenvalue weighted by molar-refractivity contribution is 5.79. The third-order valence-electron chi connectivity index (χ3n) is 3.65. The molecule has 22 heavy (non-hydrogen) atoms. The monoisotopic (exact) mass is 300 g/mol. The fourth-order valence-electron chi connectivity index (χ4n) is 2.27. The molecule has 2 aromatic heterocycles. The van der Waals surface area contributed by atoms with E-state index in [1.165, 1.54) is 17.4 Å². The minimum absolute atomic E-state index is 0.202. The molecular formula is C16H20N4O2. The summed E-state index contributed by atoms with van der Waals surface area (Å²) in [4.78, 5) is 20.8. The number of nitrogens with zero attached hydrogens (tertiary/aromatic N) is 3. The molecule has 1 fully saturated rings. The van der Waals surface area contributed by atoms with E-state index in [9.17, 15) is 4.79 Å². The van der Waals surface area contributed by atoms with Crippen molar-refractivity contribution in [2.75, 3.05) is 13.2 Å². The minimum atomic E-state index is -0.202. The first-order valence-electron chi connectivity index (χ1n) is 7.68. The fourth-order valence-corrected chi connectivity index (χ4v) is 2.27. The second kappa shape index (κ2) is 6.60. The SMILES string of the molecule is CCOc1nc(-c2cccnc2)cn1C(=O)NCCC1CC1. The second-order valence-corrected chi connectivity index (χ2v) is 5.42. The largest absolute Gasteiger partial charge is 0.465 e. The number of hydrogen-bond donors (Lipinski definition) is 1. The summed E-state index contributed by atoms with van der Waals surface area (Å²) in [5, 5.41) is 2.92. The Balaban J connectivity index is 1.75. The molecule has 0 aromatic carbocycles. The van der Waals surface area contributed by atoms with Crippen LogP contribution in [-0.2, 0) is 0 Å². The first-order valence-corrected chi connectivity index (χ1v) is 7.68. The molecule has 0 unspecified atom stereocenters. The van der Waals surface area contributed by atoms with Gasteiger partial charge in [0.25, 0.3) is 0 Å². The Labute approximate surface area is 129 Å². The van der Waals surface area contributed by atoms with Crippen molar-refractivity contribution < 1.29 is 9.53 Å². The zero-order chi connectivity index (χ0) is 15.4. The summed E-state index contributed by atoms with van der Waals surface area (Å²) in [5.74, 6) is 0.792. The van der Waals surface area contributed by atoms with Crippen LogP contribution in [0.1, 0.15) is 26.2 Å². The highest BCUT2D eigenvalue weighted by atomic mass is 16.5. The van der Waals surface area contributed by atoms with E-state index in [0.29, 0.717) is 24.9 Å². The summed E-state index contributed by atoms with van der Waals surface area (Å²) >= 11 is 0. The van der Waals surface area contributed by atoms with E-state index < -0.39 is 0 Å². The maximum Gasteiger partial charge on any atom is 0.329 e. The molecule has 1 aliphatic rings. The summed E-state index contributed by atoms with van der Waals surface area (Å²) in [6, 6.07) is 3.85. The Morgan fingerprint density at radius 1 is 1.50 bits per heavy atom. The van der Waals surface area contributed by atoms with Crippen molar-refractivity contribution in [3.05, 3.63) is 30.7 Å². The number of rotatable bonds is 6. The topological polar surface area (TPSA) is 69.0 Å². The molecule has 6 nitrogen and oxygen atoms in total. The van der Waals surface area contributed by atoms with Gasteiger partial charge in [0.05, 0.1) is 12.3 Å². The molecule has 0 atom stereocenters. The van der Waals surface area contributed by atoms with E-state index in [1.807, 2.05) is 19.1 Å². The normalized spacial score (nSPS) is 13.9. The molecular weight excluding hydrogens is 280 g/mol. The Hall–Kier alpha value is -2.37. The lowest BCUT2D eigenvalue weighted by Gasteiger charge is -2.07. The van der Waals surface area contributed by atoms with E-state index in [0.717, 1.165) is 17.9 Å². The van der Waals surface area contributed by atoms with E-state index >= 15 is 0 Å². The average molecular weight is 300 g/mol. The molecule has 2 aromatic rings. The van der Waals surface area contributed by atoms with Crippen LogP contribution >= 0.6 is 0 Å². The Morgan fingerprint density at radius 2 is 2.36 bits per heavy atom. The van der Waals surface area contributed by atoms with Gasteiger partial charge < -0.3 is 10.1 Å². The number of imidazole rings is 1. The molecule has 0 saturated heterocycles. The van der Waals surface area contributed by atoms with Gasteiger partial charge in [-0.2, -0.15) is 4.98 Å². The first-order chi connectivity index (χ1) is 10.8. The minimum Gasteiger partial charge on any atom is -0.465 e. The fraction of sp³-hybridized carbons (Fsp3) is 0.438. The predicted molar refractivity (Wildman–Crippen MR) is 82.8 cm³/mol. The van der Waals surface area contributed by atoms with Crippen LogP contribution in [0.5, 0.6) is 6.01 Å². The maximum atomic E-state index is 12.3. The van der Waals surface area contributed by atoms with Gasteiger partial charge in [0.1, 0.15) is 0 Å². The Morgan fingerprint density at radius 3 is 3.05 bits per heavy atom. The van der Waals surface area contributed by atoms with Crippen molar-refractivity contribution in [3.8, 4) is 17.3 Å². The molecule has 0 aliphatic heterocycles. The van der Waals surface area contributed by atoms with Crippen molar-refractivity contribution >= 4 is 6.03 Å². The van der Waals surface area contributed by atoms with Crippen molar-refractivity contribution in [2.45, 2.75) is 26.2 Å². The molecule has 116 valence electrons. The lowest BCUT2D eigenvalue weighted by atomic mass is 10.2. The second-order valence-electron chi connectivity index (χ2n) is 5.42. The third kappa shape index (κ3) is 3.44. The molecule has 0 radical (unpaired) electrons. The number of ether oxygens (including phenoxy) is 1. The number of aromatic nitrogens is 3. The molecule has 1 saturated carbocycles. The van der Waals surface area contributed by atoms with Crippen molar-refractivity contribution in [3.63, 3.8) is 0 Å². The molecule has 2 heterocycles. The number of pyridine rings is 1. The molecule has 0 bridgehead atoms. The zero-order valence-electron chi connectivity index (χ0n) is 12.7. The smallest absolute Gasteiger partial charge is 0.329 e. The molecule has 1 amide bonds. The van der Waals surface area contributed by atoms with Crippen molar-refractivity contribution in [2.24, 2.45) is 5.92 Å². The van der Waals surface area contributed by atoms with E-state index in [-0.39, 0.29) is 6.03 Å². The summed E-state index contributed by atoms with van der Waals surface area (Å²) in [7, 11) is 0. The van der Waals surface area contributed by atoms with Crippen LogP contribution in [0.15, 0.2) is 30.7 Å². The summed E-state index contributed by atoms with van der Waals surface area (Å²) in [5.41, 5.74) is 1.53. The van der Waals surface area contributed by atoms with Gasteiger partial charge in [-0.25, -0.2) is 9.36 Å². The van der Waals surface area contributed by atoms with Gasteiger partial charge in [-0.05, 0) is 31.4 Å². The standard InChI is InChI=1S/C16H20N4O2/c1-2-22-16-19-14(13-4-3-8-17-10-13)11-20(16)15(21)18-9-7-12-5-6-12/h3-4,8,10-12H,2,5-7,9H2,1H3,(H,18,21). The summed E-state index contributed by atoms with van der Waals surface area (Å²) in [6.07, 6.45) is 8.73. The van der Waals surface area contributed by atoms with Crippen LogP contribution in [0.3, 0.4) is 0 Å². The van der Waals surface area contributed by atoms with Gasteiger partial charge in [0, 0.05) is 30.7 Å².